The zero-order valence-electron chi connectivity index (χ0n) is 11.6. The lowest BCUT2D eigenvalue weighted by molar-refractivity contribution is 0.0636. The van der Waals surface area contributed by atoms with Crippen LogP contribution in [0.15, 0.2) is 34.9 Å². The Morgan fingerprint density at radius 3 is 2.70 bits per heavy atom. The normalized spacial score (nSPS) is 11.2. The number of ether oxygens (including phenoxy) is 1. The van der Waals surface area contributed by atoms with Crippen molar-refractivity contribution in [3.05, 3.63) is 30.3 Å². The predicted octanol–water partition coefficient (Wildman–Crippen LogP) is 3.27. The number of nitrogens with one attached hydrogen (secondary N) is 1. The standard InChI is InChI=1S/C14H17N3O3/c1-14(2,3)19-13(18)16-10-6-4-5-9(7-10)11-8-12(15)20-17-11/h4-8H,15H2,1-3H3,(H,16,18). The average Bonchev–Trinajstić information content (AvgIpc) is 2.73. The van der Waals surface area contributed by atoms with E-state index in [1.807, 2.05) is 6.07 Å². The fraction of sp³-hybridized carbons (Fsp3) is 0.286. The molecule has 0 radical (unpaired) electrons. The van der Waals surface area contributed by atoms with E-state index < -0.39 is 11.7 Å². The third-order valence-electron chi connectivity index (χ3n) is 2.33. The summed E-state index contributed by atoms with van der Waals surface area (Å²) in [5.74, 6) is 0.241. The van der Waals surface area contributed by atoms with Crippen molar-refractivity contribution >= 4 is 17.7 Å². The van der Waals surface area contributed by atoms with Crippen LogP contribution in [0.4, 0.5) is 16.4 Å². The van der Waals surface area contributed by atoms with Crippen molar-refractivity contribution in [1.82, 2.24) is 5.16 Å². The molecule has 2 rings (SSSR count). The highest BCUT2D eigenvalue weighted by Gasteiger charge is 2.16. The molecule has 0 spiro atoms. The number of hydrogen-bond donors (Lipinski definition) is 2. The van der Waals surface area contributed by atoms with E-state index in [4.69, 9.17) is 15.0 Å². The summed E-state index contributed by atoms with van der Waals surface area (Å²) in [4.78, 5) is 11.7. The maximum Gasteiger partial charge on any atom is 0.412 e. The van der Waals surface area contributed by atoms with Gasteiger partial charge in [0.15, 0.2) is 0 Å². The summed E-state index contributed by atoms with van der Waals surface area (Å²) in [5, 5.41) is 6.49. The summed E-state index contributed by atoms with van der Waals surface area (Å²) >= 11 is 0. The van der Waals surface area contributed by atoms with Crippen LogP contribution >= 0.6 is 0 Å². The number of benzene rings is 1. The molecule has 0 aliphatic rings. The van der Waals surface area contributed by atoms with Crippen LogP contribution in [0.25, 0.3) is 11.3 Å². The first-order valence-electron chi connectivity index (χ1n) is 6.16. The summed E-state index contributed by atoms with van der Waals surface area (Å²) in [6.45, 7) is 5.42. The molecule has 0 aliphatic carbocycles. The number of nitrogens with zero attached hydrogens (tertiary/aromatic N) is 1. The lowest BCUT2D eigenvalue weighted by Crippen LogP contribution is -2.27. The van der Waals surface area contributed by atoms with Crippen LogP contribution in [-0.2, 0) is 4.74 Å². The zero-order chi connectivity index (χ0) is 14.8. The van der Waals surface area contributed by atoms with Gasteiger partial charge in [-0.1, -0.05) is 17.3 Å². The van der Waals surface area contributed by atoms with Gasteiger partial charge in [0.25, 0.3) is 0 Å². The minimum Gasteiger partial charge on any atom is -0.444 e. The Kier molecular flexibility index (Phi) is 3.65. The molecule has 1 aromatic heterocycles. The molecular formula is C14H17N3O3. The van der Waals surface area contributed by atoms with E-state index in [0.29, 0.717) is 11.4 Å². The Morgan fingerprint density at radius 2 is 2.10 bits per heavy atom. The number of carbonyl (C=O) groups is 1. The van der Waals surface area contributed by atoms with Gasteiger partial charge in [0.05, 0.1) is 0 Å². The van der Waals surface area contributed by atoms with Gasteiger partial charge in [0.2, 0.25) is 5.88 Å². The van der Waals surface area contributed by atoms with Crippen LogP contribution in [0.3, 0.4) is 0 Å². The second kappa shape index (κ2) is 5.24. The van der Waals surface area contributed by atoms with Crippen molar-refractivity contribution in [2.75, 3.05) is 11.1 Å². The number of rotatable bonds is 2. The molecule has 0 fully saturated rings. The highest BCUT2D eigenvalue weighted by molar-refractivity contribution is 5.86. The van der Waals surface area contributed by atoms with E-state index >= 15 is 0 Å². The van der Waals surface area contributed by atoms with Gasteiger partial charge in [-0.05, 0) is 32.9 Å². The van der Waals surface area contributed by atoms with Gasteiger partial charge < -0.3 is 15.0 Å². The number of nitrogen functional groups attached to an aromatic ring is 1. The molecule has 0 unspecified atom stereocenters. The van der Waals surface area contributed by atoms with Crippen LogP contribution in [0.1, 0.15) is 20.8 Å². The second-order valence-corrected chi connectivity index (χ2v) is 5.32. The molecule has 6 heteroatoms. The summed E-state index contributed by atoms with van der Waals surface area (Å²) in [6, 6.07) is 8.79. The molecule has 20 heavy (non-hydrogen) atoms. The van der Waals surface area contributed by atoms with Gasteiger partial charge in [-0.2, -0.15) is 0 Å². The molecule has 6 nitrogen and oxygen atoms in total. The molecule has 3 N–H and O–H groups in total. The summed E-state index contributed by atoms with van der Waals surface area (Å²) in [6.07, 6.45) is -0.505. The van der Waals surface area contributed by atoms with Crippen molar-refractivity contribution in [1.29, 1.82) is 0 Å². The van der Waals surface area contributed by atoms with Gasteiger partial charge in [0.1, 0.15) is 11.3 Å². The Hall–Kier alpha value is -2.50. The van der Waals surface area contributed by atoms with Crippen LogP contribution in [0, 0.1) is 0 Å². The zero-order valence-corrected chi connectivity index (χ0v) is 11.6. The number of aromatic nitrogens is 1. The molecule has 0 saturated carbocycles. The fourth-order valence-electron chi connectivity index (χ4n) is 1.60. The molecule has 1 aromatic carbocycles. The maximum absolute atomic E-state index is 11.7. The van der Waals surface area contributed by atoms with Crippen molar-refractivity contribution in [3.63, 3.8) is 0 Å². The maximum atomic E-state index is 11.7. The van der Waals surface area contributed by atoms with E-state index in [1.165, 1.54) is 0 Å². The van der Waals surface area contributed by atoms with E-state index in [2.05, 4.69) is 10.5 Å². The topological polar surface area (TPSA) is 90.4 Å². The van der Waals surface area contributed by atoms with E-state index in [9.17, 15) is 4.79 Å². The van der Waals surface area contributed by atoms with Crippen LogP contribution < -0.4 is 11.1 Å². The average molecular weight is 275 g/mol. The minimum atomic E-state index is -0.539. The van der Waals surface area contributed by atoms with Gasteiger partial charge in [0, 0.05) is 17.3 Å². The first-order valence-corrected chi connectivity index (χ1v) is 6.16. The molecule has 0 saturated heterocycles. The van der Waals surface area contributed by atoms with Crippen molar-refractivity contribution < 1.29 is 14.1 Å². The summed E-state index contributed by atoms with van der Waals surface area (Å²) in [5.41, 5.74) is 6.95. The van der Waals surface area contributed by atoms with Crippen molar-refractivity contribution in [2.24, 2.45) is 0 Å². The Balaban J connectivity index is 2.12. The first-order chi connectivity index (χ1) is 9.33. The summed E-state index contributed by atoms with van der Waals surface area (Å²) < 4.78 is 10.0. The third kappa shape index (κ3) is 3.74. The summed E-state index contributed by atoms with van der Waals surface area (Å²) in [7, 11) is 0. The molecule has 106 valence electrons. The fourth-order valence-corrected chi connectivity index (χ4v) is 1.60. The number of anilines is 2. The van der Waals surface area contributed by atoms with Crippen molar-refractivity contribution in [3.8, 4) is 11.3 Å². The molecular weight excluding hydrogens is 258 g/mol. The first kappa shape index (κ1) is 13.9. The highest BCUT2D eigenvalue weighted by Crippen LogP contribution is 2.23. The number of nitrogens with two attached hydrogens (primary N) is 1. The largest absolute Gasteiger partial charge is 0.444 e. The molecule has 0 bridgehead atoms. The van der Waals surface area contributed by atoms with E-state index in [0.717, 1.165) is 5.56 Å². The van der Waals surface area contributed by atoms with Crippen LogP contribution in [-0.4, -0.2) is 16.9 Å². The smallest absolute Gasteiger partial charge is 0.412 e. The van der Waals surface area contributed by atoms with Gasteiger partial charge in [-0.3, -0.25) is 5.32 Å². The van der Waals surface area contributed by atoms with Gasteiger partial charge >= 0.3 is 6.09 Å². The SMILES string of the molecule is CC(C)(C)OC(=O)Nc1cccc(-c2cc(N)on2)c1. The number of amides is 1. The van der Waals surface area contributed by atoms with Gasteiger partial charge in [-0.25, -0.2) is 4.79 Å². The van der Waals surface area contributed by atoms with Gasteiger partial charge in [-0.15, -0.1) is 0 Å². The van der Waals surface area contributed by atoms with Crippen LogP contribution in [0.5, 0.6) is 0 Å². The highest BCUT2D eigenvalue weighted by atomic mass is 16.6. The van der Waals surface area contributed by atoms with E-state index in [-0.39, 0.29) is 5.88 Å². The molecule has 1 heterocycles. The predicted molar refractivity (Wildman–Crippen MR) is 76.2 cm³/mol. The minimum absolute atomic E-state index is 0.241. The third-order valence-corrected chi connectivity index (χ3v) is 2.33. The van der Waals surface area contributed by atoms with Crippen molar-refractivity contribution in [2.45, 2.75) is 26.4 Å². The molecule has 0 atom stereocenters. The quantitative estimate of drug-likeness (QED) is 0.877. The van der Waals surface area contributed by atoms with E-state index in [1.54, 1.807) is 45.0 Å². The Bertz CT molecular complexity index is 614. The Labute approximate surface area is 116 Å². The monoisotopic (exact) mass is 275 g/mol. The number of hydrogen-bond acceptors (Lipinski definition) is 5. The second-order valence-electron chi connectivity index (χ2n) is 5.32. The Morgan fingerprint density at radius 1 is 1.35 bits per heavy atom. The number of carbonyl (C=O) groups excluding carboxylic acids is 1. The van der Waals surface area contributed by atoms with Crippen LogP contribution in [0.2, 0.25) is 0 Å². The lowest BCUT2D eigenvalue weighted by atomic mass is 10.1. The molecule has 2 aromatic rings. The molecule has 0 aliphatic heterocycles. The lowest BCUT2D eigenvalue weighted by Gasteiger charge is -2.19. The molecule has 1 amide bonds.